The molecule has 0 saturated heterocycles. The number of para-hydroxylation sites is 1. The lowest BCUT2D eigenvalue weighted by Gasteiger charge is -2.11. The smallest absolute Gasteiger partial charge is 0.296 e. The van der Waals surface area contributed by atoms with Crippen molar-refractivity contribution in [3.8, 4) is 11.5 Å². The molecular formula is C17H11N3O8S3. The van der Waals surface area contributed by atoms with Gasteiger partial charge in [-0.25, -0.2) is 4.98 Å². The minimum absolute atomic E-state index is 0.132. The van der Waals surface area contributed by atoms with Gasteiger partial charge in [0.25, 0.3) is 20.2 Å². The first-order valence-electron chi connectivity index (χ1n) is 8.20. The molecular weight excluding hydrogens is 470 g/mol. The Kier molecular flexibility index (Phi) is 4.90. The average Bonchev–Trinajstić information content (AvgIpc) is 3.08. The van der Waals surface area contributed by atoms with E-state index in [2.05, 4.69) is 15.2 Å². The van der Waals surface area contributed by atoms with E-state index in [1.165, 1.54) is 0 Å². The van der Waals surface area contributed by atoms with Gasteiger partial charge < -0.3 is 10.2 Å². The molecule has 4 aromatic rings. The normalized spacial score (nSPS) is 12.8. The summed E-state index contributed by atoms with van der Waals surface area (Å²) in [4.78, 5) is 2.55. The number of rotatable bonds is 4. The number of aromatic nitrogens is 1. The van der Waals surface area contributed by atoms with Crippen LogP contribution in [0, 0.1) is 0 Å². The van der Waals surface area contributed by atoms with Crippen molar-refractivity contribution in [2.75, 3.05) is 0 Å². The summed E-state index contributed by atoms with van der Waals surface area (Å²) >= 11 is 1.14. The molecule has 31 heavy (non-hydrogen) atoms. The summed E-state index contributed by atoms with van der Waals surface area (Å²) in [6.45, 7) is 0. The van der Waals surface area contributed by atoms with Crippen LogP contribution in [0.15, 0.2) is 62.5 Å². The highest BCUT2D eigenvalue weighted by molar-refractivity contribution is 7.86. The van der Waals surface area contributed by atoms with Crippen molar-refractivity contribution in [3.63, 3.8) is 0 Å². The molecule has 14 heteroatoms. The second-order valence-corrected chi connectivity index (χ2v) is 10.0. The molecule has 0 saturated carbocycles. The first kappa shape index (κ1) is 21.1. The Balaban J connectivity index is 1.97. The monoisotopic (exact) mass is 481 g/mol. The number of azo groups is 1. The molecule has 0 atom stereocenters. The van der Waals surface area contributed by atoms with Crippen molar-refractivity contribution in [2.24, 2.45) is 10.2 Å². The number of thiazole rings is 1. The summed E-state index contributed by atoms with van der Waals surface area (Å²) < 4.78 is 66.0. The zero-order valence-corrected chi connectivity index (χ0v) is 17.5. The van der Waals surface area contributed by atoms with Crippen LogP contribution in [0.4, 0.5) is 10.8 Å². The lowest BCUT2D eigenvalue weighted by Crippen LogP contribution is -2.01. The van der Waals surface area contributed by atoms with E-state index >= 15 is 0 Å². The first-order chi connectivity index (χ1) is 14.4. The van der Waals surface area contributed by atoms with Crippen molar-refractivity contribution in [3.05, 3.63) is 42.5 Å². The lowest BCUT2D eigenvalue weighted by atomic mass is 10.1. The molecule has 0 fully saturated rings. The molecule has 0 aliphatic rings. The van der Waals surface area contributed by atoms with Crippen LogP contribution < -0.4 is 0 Å². The van der Waals surface area contributed by atoms with Gasteiger partial charge in [-0.15, -0.1) is 10.2 Å². The second-order valence-electron chi connectivity index (χ2n) is 6.23. The fraction of sp³-hybridized carbons (Fsp3) is 0. The Hall–Kier alpha value is -3.17. The van der Waals surface area contributed by atoms with E-state index in [0.717, 1.165) is 28.2 Å². The van der Waals surface area contributed by atoms with E-state index in [-0.39, 0.29) is 15.9 Å². The van der Waals surface area contributed by atoms with Gasteiger partial charge >= 0.3 is 0 Å². The van der Waals surface area contributed by atoms with Gasteiger partial charge in [-0.1, -0.05) is 23.5 Å². The van der Waals surface area contributed by atoms with Gasteiger partial charge in [-0.05, 0) is 29.7 Å². The van der Waals surface area contributed by atoms with E-state index in [1.54, 1.807) is 24.3 Å². The van der Waals surface area contributed by atoms with Crippen molar-refractivity contribution < 1.29 is 36.2 Å². The van der Waals surface area contributed by atoms with Gasteiger partial charge in [0.1, 0.15) is 16.3 Å². The largest absolute Gasteiger partial charge is 0.507 e. The first-order valence-corrected chi connectivity index (χ1v) is 11.9. The van der Waals surface area contributed by atoms with E-state index in [9.17, 15) is 36.2 Å². The van der Waals surface area contributed by atoms with E-state index in [0.29, 0.717) is 11.6 Å². The van der Waals surface area contributed by atoms with Crippen molar-refractivity contribution in [1.82, 2.24) is 4.98 Å². The molecule has 0 bridgehead atoms. The van der Waals surface area contributed by atoms with Crippen molar-refractivity contribution in [2.45, 2.75) is 9.79 Å². The highest BCUT2D eigenvalue weighted by Gasteiger charge is 2.25. The fourth-order valence-electron chi connectivity index (χ4n) is 2.88. The Bertz CT molecular complexity index is 1580. The highest BCUT2D eigenvalue weighted by Crippen LogP contribution is 2.45. The van der Waals surface area contributed by atoms with Crippen LogP contribution in [0.25, 0.3) is 21.0 Å². The molecule has 0 amide bonds. The number of hydrogen-bond acceptors (Lipinski definition) is 10. The second kappa shape index (κ2) is 7.21. The summed E-state index contributed by atoms with van der Waals surface area (Å²) in [5, 5.41) is 27.7. The molecule has 0 unspecified atom stereocenters. The predicted octanol–water partition coefficient (Wildman–Crippen LogP) is 3.77. The maximum atomic E-state index is 11.9. The molecule has 1 aromatic heterocycles. The third-order valence-electron chi connectivity index (χ3n) is 4.20. The Labute approximate surface area is 178 Å². The molecule has 11 nitrogen and oxygen atoms in total. The Morgan fingerprint density at radius 2 is 1.61 bits per heavy atom. The van der Waals surface area contributed by atoms with E-state index in [4.69, 9.17) is 0 Å². The zero-order chi connectivity index (χ0) is 22.6. The van der Waals surface area contributed by atoms with Gasteiger partial charge in [-0.3, -0.25) is 9.11 Å². The Morgan fingerprint density at radius 1 is 0.903 bits per heavy atom. The molecule has 0 spiro atoms. The molecule has 0 aliphatic carbocycles. The summed E-state index contributed by atoms with van der Waals surface area (Å²) in [5.74, 6) is -1.66. The molecule has 160 valence electrons. The number of benzene rings is 3. The predicted molar refractivity (Wildman–Crippen MR) is 111 cm³/mol. The Morgan fingerprint density at radius 3 is 2.26 bits per heavy atom. The maximum Gasteiger partial charge on any atom is 0.296 e. The lowest BCUT2D eigenvalue weighted by molar-refractivity contribution is 0.457. The van der Waals surface area contributed by atoms with Crippen LogP contribution in [0.5, 0.6) is 11.5 Å². The summed E-state index contributed by atoms with van der Waals surface area (Å²) in [6.07, 6.45) is 0. The summed E-state index contributed by atoms with van der Waals surface area (Å²) in [7, 11) is -9.71. The molecule has 4 N–H and O–H groups in total. The van der Waals surface area contributed by atoms with Crippen LogP contribution in [-0.4, -0.2) is 41.1 Å². The van der Waals surface area contributed by atoms with Gasteiger partial charge in [0.05, 0.1) is 20.5 Å². The summed E-state index contributed by atoms with van der Waals surface area (Å²) in [5.41, 5.74) is -0.0706. The number of phenols is 2. The maximum absolute atomic E-state index is 11.9. The number of hydrogen-bond donors (Lipinski definition) is 4. The van der Waals surface area contributed by atoms with Crippen LogP contribution in [0.1, 0.15) is 0 Å². The quantitative estimate of drug-likeness (QED) is 0.248. The van der Waals surface area contributed by atoms with Crippen molar-refractivity contribution >= 4 is 63.4 Å². The molecule has 0 radical (unpaired) electrons. The standard InChI is InChI=1S/C17H11N3O8S3/c21-11-7-9(30(23,24)25)5-8-6-13(31(26,27)28)15(16(22)14(8)11)19-20-17-18-10-3-1-2-4-12(10)29-17/h1-7,21-22H,(H,23,24,25)(H,26,27,28). The highest BCUT2D eigenvalue weighted by atomic mass is 32.2. The van der Waals surface area contributed by atoms with Gasteiger partial charge in [0.2, 0.25) is 5.13 Å². The molecule has 4 rings (SSSR count). The summed E-state index contributed by atoms with van der Waals surface area (Å²) in [6, 6.07) is 9.33. The van der Waals surface area contributed by atoms with E-state index < -0.39 is 47.2 Å². The number of fused-ring (bicyclic) bond motifs is 2. The number of phenolic OH excluding ortho intramolecular Hbond substituents is 2. The topological polar surface area (TPSA) is 187 Å². The fourth-order valence-corrected chi connectivity index (χ4v) is 4.86. The zero-order valence-electron chi connectivity index (χ0n) is 15.0. The van der Waals surface area contributed by atoms with Crippen LogP contribution in [0.3, 0.4) is 0 Å². The van der Waals surface area contributed by atoms with Gasteiger partial charge in [-0.2, -0.15) is 16.8 Å². The molecule has 3 aromatic carbocycles. The average molecular weight is 481 g/mol. The minimum Gasteiger partial charge on any atom is -0.507 e. The van der Waals surface area contributed by atoms with E-state index in [1.807, 2.05) is 0 Å². The van der Waals surface area contributed by atoms with Crippen LogP contribution >= 0.6 is 11.3 Å². The molecule has 1 heterocycles. The molecule has 0 aliphatic heterocycles. The third kappa shape index (κ3) is 3.94. The van der Waals surface area contributed by atoms with Gasteiger partial charge in [0.15, 0.2) is 5.75 Å². The minimum atomic E-state index is -4.96. The SMILES string of the molecule is O=S(=O)(O)c1cc(O)c2c(O)c(N=Nc3nc4ccccc4s3)c(S(=O)(=O)O)cc2c1. The van der Waals surface area contributed by atoms with Crippen LogP contribution in [-0.2, 0) is 20.2 Å². The van der Waals surface area contributed by atoms with Gasteiger partial charge in [0, 0.05) is 6.07 Å². The van der Waals surface area contributed by atoms with Crippen molar-refractivity contribution in [1.29, 1.82) is 0 Å². The third-order valence-corrected chi connectivity index (χ3v) is 6.82. The number of nitrogens with zero attached hydrogens (tertiary/aromatic N) is 3. The van der Waals surface area contributed by atoms with Crippen LogP contribution in [0.2, 0.25) is 0 Å². The number of aromatic hydroxyl groups is 2.